The molecule has 1 spiro atoms. The highest BCUT2D eigenvalue weighted by atomic mass is 16.5. The Labute approximate surface area is 351 Å². The van der Waals surface area contributed by atoms with E-state index in [1.54, 1.807) is 6.07 Å². The van der Waals surface area contributed by atoms with Crippen LogP contribution < -0.4 is 4.74 Å². The third-order valence-corrected chi connectivity index (χ3v) is 12.4. The Hall–Kier alpha value is -8.58. The smallest absolute Gasteiger partial charge is 0.161 e. The highest BCUT2D eigenvalue weighted by Gasteiger charge is 2.51. The minimum absolute atomic E-state index is 0.318. The third kappa shape index (κ3) is 4.94. The molecule has 12 rings (SSSR count). The molecular weight excluding hydrogens is 747 g/mol. The van der Waals surface area contributed by atoms with Gasteiger partial charge in [0.25, 0.3) is 0 Å². The topological polar surface area (TPSA) is 87.5 Å². The number of hydrogen-bond donors (Lipinski definition) is 0. The summed E-state index contributed by atoms with van der Waals surface area (Å²) in [6.07, 6.45) is 0. The van der Waals surface area contributed by atoms with Crippen molar-refractivity contribution in [1.82, 2.24) is 14.5 Å². The molecule has 0 fully saturated rings. The number of fused-ring (bicyclic) bond motifs is 12. The third-order valence-electron chi connectivity index (χ3n) is 12.4. The standard InChI is InChI=1S/C55H31N5O/c56-32-36-27-37(33-57)50(29-40(36)54-58-47(34-15-3-1-4-16-34)31-48(59-54)35-17-5-2-6-18-35)60-49-24-12-8-20-39(49)42-28-46-41(30-51(42)60)38-19-7-9-21-43(38)55(46)44-22-10-13-25-52(44)61-53-26-14-11-23-45(53)55/h1-31H. The Morgan fingerprint density at radius 1 is 0.443 bits per heavy atom. The lowest BCUT2D eigenvalue weighted by Crippen LogP contribution is -2.32. The summed E-state index contributed by atoms with van der Waals surface area (Å²) in [6.45, 7) is 0. The lowest BCUT2D eigenvalue weighted by atomic mass is 9.66. The molecule has 0 radical (unpaired) electrons. The van der Waals surface area contributed by atoms with Crippen LogP contribution in [0.1, 0.15) is 33.4 Å². The maximum Gasteiger partial charge on any atom is 0.161 e. The Morgan fingerprint density at radius 2 is 1.02 bits per heavy atom. The number of rotatable bonds is 4. The zero-order valence-corrected chi connectivity index (χ0v) is 32.5. The molecule has 10 aromatic rings. The minimum atomic E-state index is -0.633. The molecular formula is C55H31N5O. The van der Waals surface area contributed by atoms with E-state index in [0.717, 1.165) is 78.1 Å². The first kappa shape index (κ1) is 34.5. The van der Waals surface area contributed by atoms with Crippen molar-refractivity contribution in [2.45, 2.75) is 5.41 Å². The monoisotopic (exact) mass is 777 g/mol. The first-order chi connectivity index (χ1) is 30.1. The molecule has 0 N–H and O–H groups in total. The number of ether oxygens (including phenoxy) is 1. The van der Waals surface area contributed by atoms with Crippen LogP contribution in [-0.4, -0.2) is 14.5 Å². The van der Waals surface area contributed by atoms with Gasteiger partial charge in [-0.05, 0) is 70.8 Å². The van der Waals surface area contributed by atoms with Crippen LogP contribution in [0.3, 0.4) is 0 Å². The van der Waals surface area contributed by atoms with Crippen molar-refractivity contribution in [1.29, 1.82) is 10.5 Å². The van der Waals surface area contributed by atoms with Crippen molar-refractivity contribution in [3.63, 3.8) is 0 Å². The molecule has 0 atom stereocenters. The Balaban J connectivity index is 1.15. The van der Waals surface area contributed by atoms with Gasteiger partial charge in [-0.25, -0.2) is 9.97 Å². The van der Waals surface area contributed by atoms with Crippen LogP contribution in [0.25, 0.3) is 72.5 Å². The molecule has 282 valence electrons. The first-order valence-corrected chi connectivity index (χ1v) is 20.2. The van der Waals surface area contributed by atoms with Crippen molar-refractivity contribution in [3.05, 3.63) is 221 Å². The van der Waals surface area contributed by atoms with Crippen LogP contribution in [0.4, 0.5) is 0 Å². The lowest BCUT2D eigenvalue weighted by molar-refractivity contribution is 0.436. The molecule has 0 bridgehead atoms. The van der Waals surface area contributed by atoms with Crippen LogP contribution >= 0.6 is 0 Å². The van der Waals surface area contributed by atoms with Gasteiger partial charge in [0.15, 0.2) is 5.82 Å². The van der Waals surface area contributed by atoms with E-state index in [0.29, 0.717) is 28.2 Å². The van der Waals surface area contributed by atoms with Crippen molar-refractivity contribution in [2.24, 2.45) is 0 Å². The van der Waals surface area contributed by atoms with E-state index in [1.165, 1.54) is 11.1 Å². The summed E-state index contributed by atoms with van der Waals surface area (Å²) < 4.78 is 8.78. The van der Waals surface area contributed by atoms with Crippen molar-refractivity contribution < 1.29 is 4.74 Å². The maximum absolute atomic E-state index is 10.8. The molecule has 0 saturated carbocycles. The van der Waals surface area contributed by atoms with E-state index in [4.69, 9.17) is 14.7 Å². The Bertz CT molecular complexity index is 3440. The minimum Gasteiger partial charge on any atom is -0.457 e. The number of nitrogens with zero attached hydrogens (tertiary/aromatic N) is 5. The van der Waals surface area contributed by atoms with Gasteiger partial charge in [0, 0.05) is 38.6 Å². The molecule has 0 unspecified atom stereocenters. The van der Waals surface area contributed by atoms with Gasteiger partial charge < -0.3 is 9.30 Å². The predicted octanol–water partition coefficient (Wildman–Crippen LogP) is 12.8. The average molecular weight is 778 g/mol. The second-order valence-electron chi connectivity index (χ2n) is 15.5. The molecule has 6 nitrogen and oxygen atoms in total. The zero-order valence-electron chi connectivity index (χ0n) is 32.5. The quantitative estimate of drug-likeness (QED) is 0.178. The normalized spacial score (nSPS) is 12.8. The number of aromatic nitrogens is 3. The molecule has 3 heterocycles. The van der Waals surface area contributed by atoms with E-state index in [2.05, 4.69) is 108 Å². The van der Waals surface area contributed by atoms with Gasteiger partial charge in [-0.1, -0.05) is 140 Å². The van der Waals surface area contributed by atoms with Gasteiger partial charge in [-0.3, -0.25) is 0 Å². The molecule has 6 heteroatoms. The number of hydrogen-bond acceptors (Lipinski definition) is 5. The van der Waals surface area contributed by atoms with Gasteiger partial charge in [-0.2, -0.15) is 10.5 Å². The highest BCUT2D eigenvalue weighted by molar-refractivity contribution is 6.12. The number of nitriles is 2. The van der Waals surface area contributed by atoms with Crippen LogP contribution in [0.5, 0.6) is 11.5 Å². The SMILES string of the molecule is N#Cc1cc(C#N)c(-n2c3ccccc3c3cc4c(cc32)-c2ccccc2C42c3ccccc3Oc3ccccc32)cc1-c1nc(-c2ccccc2)cc(-c2ccccc2)n1. The van der Waals surface area contributed by atoms with Crippen LogP contribution in [-0.2, 0) is 5.41 Å². The summed E-state index contributed by atoms with van der Waals surface area (Å²) in [7, 11) is 0. The summed E-state index contributed by atoms with van der Waals surface area (Å²) in [5.74, 6) is 2.07. The summed E-state index contributed by atoms with van der Waals surface area (Å²) >= 11 is 0. The highest BCUT2D eigenvalue weighted by Crippen LogP contribution is 2.62. The lowest BCUT2D eigenvalue weighted by Gasteiger charge is -2.39. The fraction of sp³-hybridized carbons (Fsp3) is 0.0182. The Morgan fingerprint density at radius 3 is 1.67 bits per heavy atom. The Kier molecular flexibility index (Phi) is 7.47. The van der Waals surface area contributed by atoms with E-state index in [-0.39, 0.29) is 0 Å². The zero-order chi connectivity index (χ0) is 40.7. The van der Waals surface area contributed by atoms with Crippen LogP contribution in [0.2, 0.25) is 0 Å². The van der Waals surface area contributed by atoms with E-state index >= 15 is 0 Å². The summed E-state index contributed by atoms with van der Waals surface area (Å²) in [5, 5.41) is 23.6. The van der Waals surface area contributed by atoms with Crippen molar-refractivity contribution in [3.8, 4) is 74.4 Å². The predicted molar refractivity (Wildman–Crippen MR) is 239 cm³/mol. The fourth-order valence-corrected chi connectivity index (χ4v) is 9.79. The van der Waals surface area contributed by atoms with Crippen LogP contribution in [0.15, 0.2) is 188 Å². The van der Waals surface area contributed by atoms with Gasteiger partial charge >= 0.3 is 0 Å². The molecule has 0 saturated heterocycles. The summed E-state index contributed by atoms with van der Waals surface area (Å²) in [6, 6.07) is 68.8. The average Bonchev–Trinajstić information content (AvgIpc) is 3.80. The largest absolute Gasteiger partial charge is 0.457 e. The molecule has 61 heavy (non-hydrogen) atoms. The van der Waals surface area contributed by atoms with Gasteiger partial charge in [0.1, 0.15) is 17.6 Å². The first-order valence-electron chi connectivity index (χ1n) is 20.2. The summed E-state index contributed by atoms with van der Waals surface area (Å²) in [4.78, 5) is 10.2. The molecule has 0 amide bonds. The molecule has 8 aromatic carbocycles. The van der Waals surface area contributed by atoms with Crippen molar-refractivity contribution in [2.75, 3.05) is 0 Å². The van der Waals surface area contributed by atoms with Gasteiger partial charge in [0.2, 0.25) is 0 Å². The molecule has 1 aliphatic heterocycles. The fourth-order valence-electron chi connectivity index (χ4n) is 9.79. The van der Waals surface area contributed by atoms with Crippen molar-refractivity contribution >= 4 is 21.8 Å². The molecule has 2 aromatic heterocycles. The molecule has 2 aliphatic rings. The maximum atomic E-state index is 10.8. The van der Waals surface area contributed by atoms with Gasteiger partial charge in [0.05, 0.1) is 50.7 Å². The van der Waals surface area contributed by atoms with E-state index in [1.807, 2.05) is 91.0 Å². The van der Waals surface area contributed by atoms with Gasteiger partial charge in [-0.15, -0.1) is 0 Å². The molecule has 1 aliphatic carbocycles. The van der Waals surface area contributed by atoms with E-state index < -0.39 is 5.41 Å². The van der Waals surface area contributed by atoms with Crippen LogP contribution in [0, 0.1) is 22.7 Å². The van der Waals surface area contributed by atoms with E-state index in [9.17, 15) is 10.5 Å². The number of benzene rings is 8. The summed E-state index contributed by atoms with van der Waals surface area (Å²) in [5.41, 5.74) is 13.2. The number of para-hydroxylation sites is 3. The second-order valence-corrected chi connectivity index (χ2v) is 15.5. The second kappa shape index (κ2) is 13.2.